The molecule has 9 heteroatoms. The molecule has 0 bridgehead atoms. The Morgan fingerprint density at radius 2 is 2.15 bits per heavy atom. The van der Waals surface area contributed by atoms with E-state index >= 15 is 0 Å². The third-order valence-electron chi connectivity index (χ3n) is 3.22. The number of esters is 1. The van der Waals surface area contributed by atoms with Crippen molar-refractivity contribution in [2.75, 3.05) is 12.4 Å². The van der Waals surface area contributed by atoms with E-state index in [9.17, 15) is 14.0 Å². The third kappa shape index (κ3) is 4.72. The summed E-state index contributed by atoms with van der Waals surface area (Å²) in [4.78, 5) is 28.3. The minimum atomic E-state index is -0.542. The summed E-state index contributed by atoms with van der Waals surface area (Å²) in [5.41, 5.74) is 0.600. The molecule has 0 N–H and O–H groups in total. The maximum atomic E-state index is 13.4. The molecule has 0 unspecified atom stereocenters. The fourth-order valence-corrected chi connectivity index (χ4v) is 3.80. The molecule has 1 aromatic carbocycles. The highest BCUT2D eigenvalue weighted by Crippen LogP contribution is 2.23. The number of nitrogens with zero attached hydrogens (tertiary/aromatic N) is 2. The molecule has 0 radical (unpaired) electrons. The molecule has 0 aliphatic heterocycles. The first kappa shape index (κ1) is 18.6. The van der Waals surface area contributed by atoms with E-state index in [4.69, 9.17) is 16.3 Å². The largest absolute Gasteiger partial charge is 0.457 e. The van der Waals surface area contributed by atoms with E-state index in [0.29, 0.717) is 20.1 Å². The average Bonchev–Trinajstić information content (AvgIpc) is 3.26. The van der Waals surface area contributed by atoms with Crippen LogP contribution in [0.1, 0.15) is 9.67 Å². The average molecular weight is 411 g/mol. The van der Waals surface area contributed by atoms with Gasteiger partial charge in [-0.05, 0) is 30.3 Å². The van der Waals surface area contributed by atoms with Gasteiger partial charge in [-0.1, -0.05) is 29.4 Å². The highest BCUT2D eigenvalue weighted by Gasteiger charge is 2.14. The van der Waals surface area contributed by atoms with Gasteiger partial charge in [0.05, 0.1) is 20.7 Å². The van der Waals surface area contributed by atoms with Crippen LogP contribution in [0.4, 0.5) is 4.39 Å². The molecule has 134 valence electrons. The van der Waals surface area contributed by atoms with Crippen molar-refractivity contribution in [3.05, 3.63) is 63.8 Å². The van der Waals surface area contributed by atoms with E-state index in [1.165, 1.54) is 12.1 Å². The molecule has 5 nitrogen and oxygen atoms in total. The molecule has 0 saturated heterocycles. The van der Waals surface area contributed by atoms with Gasteiger partial charge in [-0.25, -0.2) is 9.37 Å². The quantitative estimate of drug-likeness (QED) is 0.331. The highest BCUT2D eigenvalue weighted by molar-refractivity contribution is 7.99. The van der Waals surface area contributed by atoms with Crippen molar-refractivity contribution in [3.63, 3.8) is 0 Å². The molecule has 0 aliphatic rings. The number of carbonyl (C=O) groups excluding carboxylic acids is 2. The number of carbonyl (C=O) groups is 2. The zero-order valence-electron chi connectivity index (χ0n) is 13.2. The molecule has 3 rings (SSSR count). The number of rotatable bonds is 7. The van der Waals surface area contributed by atoms with Crippen molar-refractivity contribution in [1.29, 1.82) is 0 Å². The molecule has 0 saturated carbocycles. The van der Waals surface area contributed by atoms with Gasteiger partial charge in [-0.15, -0.1) is 11.3 Å². The summed E-state index contributed by atoms with van der Waals surface area (Å²) < 4.78 is 20.5. The number of thioether (sulfide) groups is 1. The molecule has 0 fully saturated rings. The molecule has 0 spiro atoms. The second-order valence-corrected chi connectivity index (χ2v) is 7.69. The summed E-state index contributed by atoms with van der Waals surface area (Å²) in [6.07, 6.45) is 3.23. The van der Waals surface area contributed by atoms with Gasteiger partial charge in [0.1, 0.15) is 5.82 Å². The fourth-order valence-electron chi connectivity index (χ4n) is 2.07. The molecule has 26 heavy (non-hydrogen) atoms. The van der Waals surface area contributed by atoms with Gasteiger partial charge in [-0.2, -0.15) is 0 Å². The van der Waals surface area contributed by atoms with E-state index in [2.05, 4.69) is 4.98 Å². The predicted molar refractivity (Wildman–Crippen MR) is 98.9 cm³/mol. The van der Waals surface area contributed by atoms with Crippen LogP contribution in [0, 0.1) is 5.82 Å². The van der Waals surface area contributed by atoms with Crippen LogP contribution in [0.3, 0.4) is 0 Å². The molecule has 3 aromatic rings. The number of thiophene rings is 1. The topological polar surface area (TPSA) is 61.2 Å². The van der Waals surface area contributed by atoms with Gasteiger partial charge in [0, 0.05) is 12.4 Å². The maximum Gasteiger partial charge on any atom is 0.316 e. The lowest BCUT2D eigenvalue weighted by molar-refractivity contribution is -0.139. The van der Waals surface area contributed by atoms with E-state index in [1.807, 2.05) is 0 Å². The van der Waals surface area contributed by atoms with Gasteiger partial charge in [0.2, 0.25) is 5.78 Å². The van der Waals surface area contributed by atoms with Crippen molar-refractivity contribution in [3.8, 4) is 5.69 Å². The highest BCUT2D eigenvalue weighted by atomic mass is 35.5. The van der Waals surface area contributed by atoms with Crippen LogP contribution in [0.5, 0.6) is 0 Å². The van der Waals surface area contributed by atoms with Crippen molar-refractivity contribution >= 4 is 46.5 Å². The standard InChI is InChI=1S/C17H12ClFN2O3S2/c18-15-5-4-14(26-15)13(22)9-24-16(23)10-25-17-20-6-7-21(17)12-3-1-2-11(19)8-12/h1-8H,9-10H2. The summed E-state index contributed by atoms with van der Waals surface area (Å²) in [5, 5.41) is 0.518. The first-order valence-electron chi connectivity index (χ1n) is 7.39. The Bertz CT molecular complexity index is 941. The van der Waals surface area contributed by atoms with Crippen LogP contribution in [-0.4, -0.2) is 33.7 Å². The summed E-state index contributed by atoms with van der Waals surface area (Å²) >= 11 is 8.05. The summed E-state index contributed by atoms with van der Waals surface area (Å²) in [6, 6.07) is 9.25. The first-order valence-corrected chi connectivity index (χ1v) is 9.57. The Morgan fingerprint density at radius 3 is 2.88 bits per heavy atom. The molecular formula is C17H12ClFN2O3S2. The number of hydrogen-bond donors (Lipinski definition) is 0. The zero-order valence-corrected chi connectivity index (χ0v) is 15.6. The Kier molecular flexibility index (Phi) is 6.08. The summed E-state index contributed by atoms with van der Waals surface area (Å²) in [5.74, 6) is -1.23. The second kappa shape index (κ2) is 8.48. The molecule has 0 amide bonds. The van der Waals surface area contributed by atoms with Crippen molar-refractivity contribution in [2.24, 2.45) is 0 Å². The minimum Gasteiger partial charge on any atom is -0.457 e. The summed E-state index contributed by atoms with van der Waals surface area (Å²) in [6.45, 7) is -0.339. The van der Waals surface area contributed by atoms with E-state index in [-0.39, 0.29) is 24.0 Å². The first-order chi connectivity index (χ1) is 12.5. The lowest BCUT2D eigenvalue weighted by Crippen LogP contribution is -2.15. The minimum absolute atomic E-state index is 0.0230. The zero-order chi connectivity index (χ0) is 18.5. The molecule has 2 aromatic heterocycles. The van der Waals surface area contributed by atoms with Crippen LogP contribution < -0.4 is 0 Å². The van der Waals surface area contributed by atoms with E-state index in [1.54, 1.807) is 41.2 Å². The van der Waals surface area contributed by atoms with Crippen LogP contribution in [0.2, 0.25) is 4.34 Å². The smallest absolute Gasteiger partial charge is 0.316 e. The number of ketones is 1. The van der Waals surface area contributed by atoms with Gasteiger partial charge in [-0.3, -0.25) is 14.2 Å². The third-order valence-corrected chi connectivity index (χ3v) is 5.44. The Morgan fingerprint density at radius 1 is 1.31 bits per heavy atom. The van der Waals surface area contributed by atoms with Crippen LogP contribution >= 0.6 is 34.7 Å². The summed E-state index contributed by atoms with van der Waals surface area (Å²) in [7, 11) is 0. The van der Waals surface area contributed by atoms with Crippen molar-refractivity contribution in [1.82, 2.24) is 9.55 Å². The van der Waals surface area contributed by atoms with E-state index < -0.39 is 5.97 Å². The number of ether oxygens (including phenoxy) is 1. The Hall–Kier alpha value is -2.16. The van der Waals surface area contributed by atoms with E-state index in [0.717, 1.165) is 23.1 Å². The van der Waals surface area contributed by atoms with Crippen molar-refractivity contribution < 1.29 is 18.7 Å². The lowest BCUT2D eigenvalue weighted by Gasteiger charge is -2.07. The van der Waals surface area contributed by atoms with Gasteiger partial charge >= 0.3 is 5.97 Å². The Balaban J connectivity index is 1.54. The number of aromatic nitrogens is 2. The number of hydrogen-bond acceptors (Lipinski definition) is 6. The normalized spacial score (nSPS) is 10.7. The van der Waals surface area contributed by atoms with Crippen LogP contribution in [0.25, 0.3) is 5.69 Å². The number of benzene rings is 1. The lowest BCUT2D eigenvalue weighted by atomic mass is 10.3. The predicted octanol–water partition coefficient (Wildman–Crippen LogP) is 4.24. The second-order valence-electron chi connectivity index (χ2n) is 5.04. The van der Waals surface area contributed by atoms with Crippen molar-refractivity contribution in [2.45, 2.75) is 5.16 Å². The number of halogens is 2. The van der Waals surface area contributed by atoms with Gasteiger partial charge < -0.3 is 4.74 Å². The fraction of sp³-hybridized carbons (Fsp3) is 0.118. The SMILES string of the molecule is O=C(CSc1nccn1-c1cccc(F)c1)OCC(=O)c1ccc(Cl)s1. The van der Waals surface area contributed by atoms with Gasteiger partial charge in [0.15, 0.2) is 11.8 Å². The number of Topliss-reactive ketones (excluding diaryl/α,β-unsaturated/α-hetero) is 1. The molecule has 0 atom stereocenters. The van der Waals surface area contributed by atoms with Crippen LogP contribution in [-0.2, 0) is 9.53 Å². The monoisotopic (exact) mass is 410 g/mol. The number of imidazole rings is 1. The molecule has 0 aliphatic carbocycles. The molecular weight excluding hydrogens is 399 g/mol. The molecule has 2 heterocycles. The Labute approximate surface area is 161 Å². The van der Waals surface area contributed by atoms with Crippen LogP contribution in [0.15, 0.2) is 53.9 Å². The van der Waals surface area contributed by atoms with Gasteiger partial charge in [0.25, 0.3) is 0 Å². The maximum absolute atomic E-state index is 13.4.